The monoisotopic (exact) mass is 250 g/mol. The Labute approximate surface area is 111 Å². The zero-order chi connectivity index (χ0) is 13.1. The van der Waals surface area contributed by atoms with Crippen molar-refractivity contribution in [2.24, 2.45) is 0 Å². The Kier molecular flexibility index (Phi) is 3.06. The summed E-state index contributed by atoms with van der Waals surface area (Å²) in [6.07, 6.45) is 6.11. The van der Waals surface area contributed by atoms with Gasteiger partial charge in [0.2, 0.25) is 0 Å². The number of aromatic nitrogens is 3. The van der Waals surface area contributed by atoms with Gasteiger partial charge < -0.3 is 5.32 Å². The molecule has 0 spiro atoms. The van der Waals surface area contributed by atoms with E-state index in [-0.39, 0.29) is 0 Å². The molecule has 0 amide bonds. The molecule has 94 valence electrons. The van der Waals surface area contributed by atoms with Gasteiger partial charge in [0, 0.05) is 31.2 Å². The van der Waals surface area contributed by atoms with Gasteiger partial charge in [0.25, 0.3) is 0 Å². The van der Waals surface area contributed by atoms with E-state index in [1.165, 1.54) is 10.9 Å². The lowest BCUT2D eigenvalue weighted by atomic mass is 10.1. The number of fused-ring (bicyclic) bond motifs is 1. The maximum absolute atomic E-state index is 4.50. The Hall–Kier alpha value is -2.49. The van der Waals surface area contributed by atoms with E-state index in [1.807, 2.05) is 37.5 Å². The van der Waals surface area contributed by atoms with Crippen molar-refractivity contribution in [3.8, 4) is 0 Å². The van der Waals surface area contributed by atoms with E-state index in [1.54, 1.807) is 12.4 Å². The number of hydrogen-bond donors (Lipinski definition) is 1. The highest BCUT2D eigenvalue weighted by Crippen LogP contribution is 2.18. The van der Waals surface area contributed by atoms with Gasteiger partial charge in [-0.1, -0.05) is 18.2 Å². The molecule has 0 atom stereocenters. The average molecular weight is 250 g/mol. The van der Waals surface area contributed by atoms with Gasteiger partial charge in [0.15, 0.2) is 0 Å². The molecule has 19 heavy (non-hydrogen) atoms. The molecule has 0 saturated heterocycles. The molecule has 1 aromatic carbocycles. The third-order valence-electron chi connectivity index (χ3n) is 3.05. The number of para-hydroxylation sites is 1. The quantitative estimate of drug-likeness (QED) is 0.776. The normalized spacial score (nSPS) is 10.6. The van der Waals surface area contributed by atoms with Crippen LogP contribution in [-0.4, -0.2) is 22.0 Å². The second-order valence-corrected chi connectivity index (χ2v) is 4.31. The third kappa shape index (κ3) is 2.38. The lowest BCUT2D eigenvalue weighted by Crippen LogP contribution is -1.99. The molecule has 0 radical (unpaired) electrons. The van der Waals surface area contributed by atoms with Crippen LogP contribution >= 0.6 is 0 Å². The summed E-state index contributed by atoms with van der Waals surface area (Å²) >= 11 is 0. The second kappa shape index (κ2) is 5.02. The van der Waals surface area contributed by atoms with Gasteiger partial charge in [0.1, 0.15) is 5.82 Å². The topological polar surface area (TPSA) is 50.7 Å². The number of pyridine rings is 1. The zero-order valence-corrected chi connectivity index (χ0v) is 10.7. The van der Waals surface area contributed by atoms with Gasteiger partial charge in [-0.25, -0.2) is 4.98 Å². The number of nitrogens with zero attached hydrogens (tertiary/aromatic N) is 3. The van der Waals surface area contributed by atoms with Crippen LogP contribution in [0.25, 0.3) is 10.9 Å². The molecule has 0 aliphatic rings. The summed E-state index contributed by atoms with van der Waals surface area (Å²) in [5.74, 6) is 0.788. The molecule has 3 aromatic rings. The first kappa shape index (κ1) is 11.6. The van der Waals surface area contributed by atoms with Crippen LogP contribution in [0.2, 0.25) is 0 Å². The maximum Gasteiger partial charge on any atom is 0.144 e. The largest absolute Gasteiger partial charge is 0.372 e. The molecule has 2 aromatic heterocycles. The summed E-state index contributed by atoms with van der Waals surface area (Å²) in [7, 11) is 1.84. The van der Waals surface area contributed by atoms with Crippen molar-refractivity contribution in [3.05, 3.63) is 60.2 Å². The van der Waals surface area contributed by atoms with E-state index in [0.717, 1.165) is 23.4 Å². The van der Waals surface area contributed by atoms with Crippen molar-refractivity contribution >= 4 is 16.7 Å². The molecule has 1 N–H and O–H groups in total. The molecular weight excluding hydrogens is 236 g/mol. The Morgan fingerprint density at radius 3 is 2.89 bits per heavy atom. The van der Waals surface area contributed by atoms with E-state index in [0.29, 0.717) is 0 Å². The first-order valence-electron chi connectivity index (χ1n) is 6.18. The first-order chi connectivity index (χ1) is 9.36. The zero-order valence-electron chi connectivity index (χ0n) is 10.7. The molecule has 4 heteroatoms. The van der Waals surface area contributed by atoms with Crippen LogP contribution in [-0.2, 0) is 6.42 Å². The highest BCUT2D eigenvalue weighted by molar-refractivity contribution is 5.82. The minimum Gasteiger partial charge on any atom is -0.372 e. The average Bonchev–Trinajstić information content (AvgIpc) is 2.48. The number of hydrogen-bond acceptors (Lipinski definition) is 4. The standard InChI is InChI=1S/C15H14N4/c1-16-15-10-17-9-12(19-15)8-11-6-7-18-14-5-3-2-4-13(11)14/h2-7,9-10H,8H2,1H3,(H,16,19). The molecule has 0 saturated carbocycles. The van der Waals surface area contributed by atoms with Gasteiger partial charge in [-0.05, 0) is 17.7 Å². The predicted molar refractivity (Wildman–Crippen MR) is 76.1 cm³/mol. The summed E-state index contributed by atoms with van der Waals surface area (Å²) in [5.41, 5.74) is 3.18. The maximum atomic E-state index is 4.50. The van der Waals surface area contributed by atoms with Crippen LogP contribution in [0.5, 0.6) is 0 Å². The van der Waals surface area contributed by atoms with Crippen molar-refractivity contribution in [1.82, 2.24) is 15.0 Å². The summed E-state index contributed by atoms with van der Waals surface area (Å²) in [6, 6.07) is 10.2. The highest BCUT2D eigenvalue weighted by Gasteiger charge is 2.04. The summed E-state index contributed by atoms with van der Waals surface area (Å²) in [5, 5.41) is 4.17. The SMILES string of the molecule is CNc1cncc(Cc2ccnc3ccccc23)n1. The second-order valence-electron chi connectivity index (χ2n) is 4.31. The van der Waals surface area contributed by atoms with Crippen LogP contribution < -0.4 is 5.32 Å². The number of nitrogens with one attached hydrogen (secondary N) is 1. The van der Waals surface area contributed by atoms with E-state index < -0.39 is 0 Å². The molecule has 0 aliphatic carbocycles. The fourth-order valence-electron chi connectivity index (χ4n) is 2.12. The van der Waals surface area contributed by atoms with Crippen molar-refractivity contribution in [2.75, 3.05) is 12.4 Å². The predicted octanol–water partition coefficient (Wildman–Crippen LogP) is 2.66. The lowest BCUT2D eigenvalue weighted by molar-refractivity contribution is 1.03. The molecule has 3 rings (SSSR count). The minimum absolute atomic E-state index is 0.756. The lowest BCUT2D eigenvalue weighted by Gasteiger charge is -2.06. The van der Waals surface area contributed by atoms with Crippen molar-refractivity contribution < 1.29 is 0 Å². The Bertz CT molecular complexity index is 704. The third-order valence-corrected chi connectivity index (χ3v) is 3.05. The number of anilines is 1. The Morgan fingerprint density at radius 2 is 2.00 bits per heavy atom. The summed E-state index contributed by atoms with van der Waals surface area (Å²) < 4.78 is 0. The van der Waals surface area contributed by atoms with Crippen LogP contribution in [0.1, 0.15) is 11.3 Å². The van der Waals surface area contributed by atoms with E-state index in [9.17, 15) is 0 Å². The van der Waals surface area contributed by atoms with Crippen molar-refractivity contribution in [1.29, 1.82) is 0 Å². The Morgan fingerprint density at radius 1 is 1.11 bits per heavy atom. The van der Waals surface area contributed by atoms with Gasteiger partial charge in [0.05, 0.1) is 17.4 Å². The molecule has 4 nitrogen and oxygen atoms in total. The molecule has 0 bridgehead atoms. The fraction of sp³-hybridized carbons (Fsp3) is 0.133. The smallest absolute Gasteiger partial charge is 0.144 e. The number of benzene rings is 1. The van der Waals surface area contributed by atoms with Crippen LogP contribution in [0.15, 0.2) is 48.9 Å². The van der Waals surface area contributed by atoms with E-state index >= 15 is 0 Å². The van der Waals surface area contributed by atoms with Gasteiger partial charge in [-0.15, -0.1) is 0 Å². The minimum atomic E-state index is 0.756. The Balaban J connectivity index is 2.01. The first-order valence-corrected chi connectivity index (χ1v) is 6.18. The highest BCUT2D eigenvalue weighted by atomic mass is 15.0. The van der Waals surface area contributed by atoms with Crippen LogP contribution in [0, 0.1) is 0 Å². The van der Waals surface area contributed by atoms with Crippen molar-refractivity contribution in [3.63, 3.8) is 0 Å². The fourth-order valence-corrected chi connectivity index (χ4v) is 2.12. The van der Waals surface area contributed by atoms with Crippen LogP contribution in [0.4, 0.5) is 5.82 Å². The van der Waals surface area contributed by atoms with E-state index in [2.05, 4.69) is 26.3 Å². The van der Waals surface area contributed by atoms with Crippen LogP contribution in [0.3, 0.4) is 0 Å². The molecule has 0 fully saturated rings. The van der Waals surface area contributed by atoms with Crippen molar-refractivity contribution in [2.45, 2.75) is 6.42 Å². The molecule has 2 heterocycles. The van der Waals surface area contributed by atoms with Gasteiger partial charge in [-0.3, -0.25) is 9.97 Å². The summed E-state index contributed by atoms with van der Waals surface area (Å²) in [4.78, 5) is 13.1. The van der Waals surface area contributed by atoms with Gasteiger partial charge in [-0.2, -0.15) is 0 Å². The summed E-state index contributed by atoms with van der Waals surface area (Å²) in [6.45, 7) is 0. The molecular formula is C15H14N4. The number of rotatable bonds is 3. The van der Waals surface area contributed by atoms with Gasteiger partial charge >= 0.3 is 0 Å². The van der Waals surface area contributed by atoms with E-state index in [4.69, 9.17) is 0 Å². The molecule has 0 unspecified atom stereocenters. The molecule has 0 aliphatic heterocycles.